The van der Waals surface area contributed by atoms with Gasteiger partial charge in [-0.15, -0.1) is 0 Å². The summed E-state index contributed by atoms with van der Waals surface area (Å²) in [5.74, 6) is -0.625. The molecule has 0 fully saturated rings. The van der Waals surface area contributed by atoms with Gasteiger partial charge in [0, 0.05) is 12.1 Å². The predicted octanol–water partition coefficient (Wildman–Crippen LogP) is 0.894. The fourth-order valence-corrected chi connectivity index (χ4v) is 3.70. The largest absolute Gasteiger partial charge is 0.468 e. The van der Waals surface area contributed by atoms with Crippen molar-refractivity contribution in [1.82, 2.24) is 4.31 Å². The van der Waals surface area contributed by atoms with Crippen molar-refractivity contribution in [3.63, 3.8) is 0 Å². The third-order valence-electron chi connectivity index (χ3n) is 2.78. The maximum Gasteiger partial charge on any atom is 0.321 e. The van der Waals surface area contributed by atoms with Crippen LogP contribution in [0.3, 0.4) is 0 Å². The minimum absolute atomic E-state index is 0.00477. The summed E-state index contributed by atoms with van der Waals surface area (Å²) in [6, 6.07) is 6.19. The molecule has 0 saturated carbocycles. The van der Waals surface area contributed by atoms with Gasteiger partial charge in [-0.05, 0) is 12.5 Å². The number of carbonyl (C=O) groups excluding carboxylic acids is 1. The van der Waals surface area contributed by atoms with E-state index in [0.717, 1.165) is 4.31 Å². The Balaban J connectivity index is 3.29. The SMILES string of the molecule is CCCN(CC(=O)OC)S(=O)(=O)c1ccccc1C(N)=S. The Labute approximate surface area is 129 Å². The quantitative estimate of drug-likeness (QED) is 0.590. The van der Waals surface area contributed by atoms with Gasteiger partial charge < -0.3 is 10.5 Å². The number of thiocarbonyl (C=S) groups is 1. The first-order valence-electron chi connectivity index (χ1n) is 6.30. The molecule has 0 aromatic heterocycles. The van der Waals surface area contributed by atoms with Crippen molar-refractivity contribution in [3.8, 4) is 0 Å². The summed E-state index contributed by atoms with van der Waals surface area (Å²) in [5.41, 5.74) is 5.83. The minimum Gasteiger partial charge on any atom is -0.468 e. The van der Waals surface area contributed by atoms with Crippen molar-refractivity contribution in [2.24, 2.45) is 5.73 Å². The Bertz CT molecular complexity index is 629. The molecular weight excluding hydrogens is 312 g/mol. The lowest BCUT2D eigenvalue weighted by Gasteiger charge is -2.21. The van der Waals surface area contributed by atoms with Gasteiger partial charge in [-0.2, -0.15) is 4.31 Å². The number of hydrogen-bond acceptors (Lipinski definition) is 5. The highest BCUT2D eigenvalue weighted by Crippen LogP contribution is 2.20. The lowest BCUT2D eigenvalue weighted by molar-refractivity contribution is -0.140. The molecule has 0 aliphatic carbocycles. The van der Waals surface area contributed by atoms with E-state index < -0.39 is 16.0 Å². The van der Waals surface area contributed by atoms with Crippen molar-refractivity contribution >= 4 is 33.2 Å². The van der Waals surface area contributed by atoms with Crippen LogP contribution in [0, 0.1) is 0 Å². The zero-order valence-corrected chi connectivity index (χ0v) is 13.5. The van der Waals surface area contributed by atoms with Crippen molar-refractivity contribution in [1.29, 1.82) is 0 Å². The molecule has 0 amide bonds. The minimum atomic E-state index is -3.88. The van der Waals surface area contributed by atoms with E-state index in [2.05, 4.69) is 4.74 Å². The molecular formula is C13H18N2O4S2. The highest BCUT2D eigenvalue weighted by molar-refractivity contribution is 7.89. The van der Waals surface area contributed by atoms with Crippen molar-refractivity contribution in [2.45, 2.75) is 18.2 Å². The summed E-state index contributed by atoms with van der Waals surface area (Å²) in [7, 11) is -2.67. The zero-order valence-electron chi connectivity index (χ0n) is 11.9. The number of methoxy groups -OCH3 is 1. The van der Waals surface area contributed by atoms with Crippen LogP contribution in [0.2, 0.25) is 0 Å². The van der Waals surface area contributed by atoms with Crippen LogP contribution in [0.25, 0.3) is 0 Å². The van der Waals surface area contributed by atoms with Crippen LogP contribution in [0.4, 0.5) is 0 Å². The molecule has 0 radical (unpaired) electrons. The summed E-state index contributed by atoms with van der Waals surface area (Å²) in [6.45, 7) is 1.67. The van der Waals surface area contributed by atoms with Crippen molar-refractivity contribution in [3.05, 3.63) is 29.8 Å². The van der Waals surface area contributed by atoms with E-state index in [1.54, 1.807) is 12.1 Å². The summed E-state index contributed by atoms with van der Waals surface area (Å²) in [5, 5.41) is 0. The number of nitrogens with zero attached hydrogens (tertiary/aromatic N) is 1. The summed E-state index contributed by atoms with van der Waals surface area (Å²) < 4.78 is 31.0. The molecule has 0 bridgehead atoms. The molecule has 1 aromatic carbocycles. The third-order valence-corrected chi connectivity index (χ3v) is 4.90. The first-order chi connectivity index (χ1) is 9.84. The van der Waals surface area contributed by atoms with Crippen LogP contribution in [-0.4, -0.2) is 43.9 Å². The fraction of sp³-hybridized carbons (Fsp3) is 0.385. The topological polar surface area (TPSA) is 89.7 Å². The maximum atomic E-state index is 12.7. The van der Waals surface area contributed by atoms with Gasteiger partial charge in [-0.1, -0.05) is 37.3 Å². The zero-order chi connectivity index (χ0) is 16.0. The molecule has 0 atom stereocenters. The average molecular weight is 330 g/mol. The van der Waals surface area contributed by atoms with Crippen LogP contribution in [0.5, 0.6) is 0 Å². The normalized spacial score (nSPS) is 11.4. The van der Waals surface area contributed by atoms with Crippen LogP contribution in [0.1, 0.15) is 18.9 Å². The van der Waals surface area contributed by atoms with Gasteiger partial charge in [0.05, 0.1) is 12.0 Å². The van der Waals surface area contributed by atoms with Crippen LogP contribution < -0.4 is 5.73 Å². The molecule has 1 rings (SSSR count). The van der Waals surface area contributed by atoms with Crippen LogP contribution in [-0.2, 0) is 19.6 Å². The molecule has 1 aromatic rings. The Morgan fingerprint density at radius 3 is 2.52 bits per heavy atom. The Morgan fingerprint density at radius 2 is 2.00 bits per heavy atom. The molecule has 0 saturated heterocycles. The number of benzene rings is 1. The smallest absolute Gasteiger partial charge is 0.321 e. The van der Waals surface area contributed by atoms with E-state index in [4.69, 9.17) is 18.0 Å². The van der Waals surface area contributed by atoms with E-state index in [1.165, 1.54) is 19.2 Å². The first kappa shape index (κ1) is 17.5. The van der Waals surface area contributed by atoms with Gasteiger partial charge in [-0.3, -0.25) is 4.79 Å². The highest BCUT2D eigenvalue weighted by Gasteiger charge is 2.28. The number of sulfonamides is 1. The standard InChI is InChI=1S/C13H18N2O4S2/c1-3-8-15(9-12(16)19-2)21(17,18)11-7-5-4-6-10(11)13(14)20/h4-7H,3,8-9H2,1-2H3,(H2,14,20). The van der Waals surface area contributed by atoms with E-state index in [-0.39, 0.29) is 28.5 Å². The molecule has 8 heteroatoms. The molecule has 2 N–H and O–H groups in total. The van der Waals surface area contributed by atoms with Gasteiger partial charge in [0.1, 0.15) is 11.5 Å². The monoisotopic (exact) mass is 330 g/mol. The van der Waals surface area contributed by atoms with Crippen LogP contribution in [0.15, 0.2) is 29.2 Å². The Morgan fingerprint density at radius 1 is 1.38 bits per heavy atom. The number of nitrogens with two attached hydrogens (primary N) is 1. The number of rotatable bonds is 7. The Kier molecular flexibility index (Phi) is 6.25. The molecule has 0 aliphatic rings. The average Bonchev–Trinajstić information content (AvgIpc) is 2.46. The second-order valence-electron chi connectivity index (χ2n) is 4.28. The number of esters is 1. The van der Waals surface area contributed by atoms with Gasteiger partial charge in [0.25, 0.3) is 0 Å². The van der Waals surface area contributed by atoms with Crippen LogP contribution >= 0.6 is 12.2 Å². The third kappa shape index (κ3) is 4.23. The first-order valence-corrected chi connectivity index (χ1v) is 8.15. The van der Waals surface area contributed by atoms with E-state index in [9.17, 15) is 13.2 Å². The molecule has 6 nitrogen and oxygen atoms in total. The van der Waals surface area contributed by atoms with E-state index in [0.29, 0.717) is 6.42 Å². The van der Waals surface area contributed by atoms with E-state index in [1.807, 2.05) is 6.92 Å². The second kappa shape index (κ2) is 7.48. The molecule has 21 heavy (non-hydrogen) atoms. The van der Waals surface area contributed by atoms with Gasteiger partial charge in [-0.25, -0.2) is 8.42 Å². The molecule has 0 heterocycles. The maximum absolute atomic E-state index is 12.7. The predicted molar refractivity (Wildman–Crippen MR) is 83.4 cm³/mol. The molecule has 0 spiro atoms. The van der Waals surface area contributed by atoms with Gasteiger partial charge in [0.2, 0.25) is 10.0 Å². The summed E-state index contributed by atoms with van der Waals surface area (Å²) in [6.07, 6.45) is 0.561. The molecule has 0 aliphatic heterocycles. The molecule has 116 valence electrons. The fourth-order valence-electron chi connectivity index (χ4n) is 1.78. The van der Waals surface area contributed by atoms with Gasteiger partial charge >= 0.3 is 5.97 Å². The lowest BCUT2D eigenvalue weighted by atomic mass is 10.2. The summed E-state index contributed by atoms with van der Waals surface area (Å²) >= 11 is 4.88. The van der Waals surface area contributed by atoms with Gasteiger partial charge in [0.15, 0.2) is 0 Å². The second-order valence-corrected chi connectivity index (χ2v) is 6.62. The number of carbonyl (C=O) groups is 1. The highest BCUT2D eigenvalue weighted by atomic mass is 32.2. The Hall–Kier alpha value is -1.51. The summed E-state index contributed by atoms with van der Waals surface area (Å²) in [4.78, 5) is 11.4. The number of ether oxygens (including phenoxy) is 1. The van der Waals surface area contributed by atoms with Crippen molar-refractivity contribution in [2.75, 3.05) is 20.2 Å². The van der Waals surface area contributed by atoms with Crippen molar-refractivity contribution < 1.29 is 17.9 Å². The lowest BCUT2D eigenvalue weighted by Crippen LogP contribution is -2.37. The number of hydrogen-bond donors (Lipinski definition) is 1. The molecule has 0 unspecified atom stereocenters. The van der Waals surface area contributed by atoms with E-state index >= 15 is 0 Å².